The van der Waals surface area contributed by atoms with Crippen LogP contribution in [0.15, 0.2) is 29.3 Å². The highest BCUT2D eigenvalue weighted by Crippen LogP contribution is 2.31. The van der Waals surface area contributed by atoms with Gasteiger partial charge in [-0.05, 0) is 31.4 Å². The Kier molecular flexibility index (Phi) is 8.97. The summed E-state index contributed by atoms with van der Waals surface area (Å²) >= 11 is 0. The molecule has 8 heteroatoms. The fourth-order valence-corrected chi connectivity index (χ4v) is 4.03. The molecule has 2 aliphatic heterocycles. The quantitative estimate of drug-likeness (QED) is 0.352. The Hall–Kier alpha value is -2.32. The lowest BCUT2D eigenvalue weighted by Crippen LogP contribution is -2.48. The van der Waals surface area contributed by atoms with Gasteiger partial charge in [-0.25, -0.2) is 0 Å². The zero-order chi connectivity index (χ0) is 22.1. The average molecular weight is 432 g/mol. The molecule has 0 bridgehead atoms. The first-order valence-corrected chi connectivity index (χ1v) is 11.5. The molecule has 3 rings (SSSR count). The molecule has 2 N–H and O–H groups in total. The summed E-state index contributed by atoms with van der Waals surface area (Å²) < 4.78 is 11.0. The van der Waals surface area contributed by atoms with Crippen LogP contribution in [0.2, 0.25) is 0 Å². The highest BCUT2D eigenvalue weighted by molar-refractivity contribution is 5.97. The fraction of sp³-hybridized carbons (Fsp3) is 0.652. The van der Waals surface area contributed by atoms with Crippen LogP contribution in [-0.2, 0) is 9.53 Å². The summed E-state index contributed by atoms with van der Waals surface area (Å²) in [4.78, 5) is 21.5. The molecule has 1 atom stereocenters. The molecule has 2 aliphatic rings. The summed E-state index contributed by atoms with van der Waals surface area (Å²) in [5.74, 6) is 2.13. The number of amides is 1. The first-order chi connectivity index (χ1) is 15.1. The number of ether oxygens (including phenoxy) is 2. The molecule has 31 heavy (non-hydrogen) atoms. The summed E-state index contributed by atoms with van der Waals surface area (Å²) in [5, 5.41) is 6.76. The highest BCUT2D eigenvalue weighted by Gasteiger charge is 2.25. The number of hydrogen-bond donors (Lipinski definition) is 2. The maximum absolute atomic E-state index is 12.3. The van der Waals surface area contributed by atoms with Crippen molar-refractivity contribution >= 4 is 17.6 Å². The lowest BCUT2D eigenvalue weighted by molar-refractivity contribution is -0.121. The zero-order valence-corrected chi connectivity index (χ0v) is 19.1. The number of nitrogens with one attached hydrogen (secondary N) is 2. The van der Waals surface area contributed by atoms with Crippen LogP contribution in [0.4, 0.5) is 5.69 Å². The SMILES string of the molecule is CCNC(=NCC(C(C)C)N1CCOCC1)NCCCN1C(=O)COc2ccccc21. The van der Waals surface area contributed by atoms with E-state index < -0.39 is 0 Å². The van der Waals surface area contributed by atoms with Crippen molar-refractivity contribution in [2.45, 2.75) is 33.2 Å². The number of benzene rings is 1. The van der Waals surface area contributed by atoms with Gasteiger partial charge in [-0.2, -0.15) is 0 Å². The summed E-state index contributed by atoms with van der Waals surface area (Å²) in [6.45, 7) is 13.2. The largest absolute Gasteiger partial charge is 0.482 e. The molecule has 0 radical (unpaired) electrons. The molecule has 1 unspecified atom stereocenters. The van der Waals surface area contributed by atoms with Crippen molar-refractivity contribution in [2.75, 3.05) is 64.0 Å². The first-order valence-electron chi connectivity index (χ1n) is 11.5. The van der Waals surface area contributed by atoms with E-state index in [0.717, 1.165) is 69.8 Å². The summed E-state index contributed by atoms with van der Waals surface area (Å²) in [7, 11) is 0. The van der Waals surface area contributed by atoms with Gasteiger partial charge in [0.25, 0.3) is 5.91 Å². The zero-order valence-electron chi connectivity index (χ0n) is 19.1. The second-order valence-electron chi connectivity index (χ2n) is 8.26. The van der Waals surface area contributed by atoms with Crippen molar-refractivity contribution in [3.8, 4) is 5.75 Å². The summed E-state index contributed by atoms with van der Waals surface area (Å²) in [5.41, 5.74) is 0.851. The Bertz CT molecular complexity index is 734. The van der Waals surface area contributed by atoms with E-state index in [1.165, 1.54) is 0 Å². The van der Waals surface area contributed by atoms with Crippen molar-refractivity contribution in [1.29, 1.82) is 0 Å². The van der Waals surface area contributed by atoms with Gasteiger partial charge in [0.2, 0.25) is 0 Å². The van der Waals surface area contributed by atoms with Gasteiger partial charge in [-0.1, -0.05) is 26.0 Å². The third kappa shape index (κ3) is 6.58. The van der Waals surface area contributed by atoms with Crippen LogP contribution >= 0.6 is 0 Å². The monoisotopic (exact) mass is 431 g/mol. The van der Waals surface area contributed by atoms with Gasteiger partial charge < -0.3 is 25.0 Å². The van der Waals surface area contributed by atoms with Gasteiger partial charge >= 0.3 is 0 Å². The molecule has 0 spiro atoms. The number of rotatable bonds is 9. The molecule has 0 saturated carbocycles. The smallest absolute Gasteiger partial charge is 0.265 e. The van der Waals surface area contributed by atoms with Crippen molar-refractivity contribution in [3.63, 3.8) is 0 Å². The normalized spacial score (nSPS) is 18.5. The highest BCUT2D eigenvalue weighted by atomic mass is 16.5. The van der Waals surface area contributed by atoms with E-state index >= 15 is 0 Å². The van der Waals surface area contributed by atoms with Gasteiger partial charge in [-0.3, -0.25) is 14.7 Å². The second-order valence-corrected chi connectivity index (χ2v) is 8.26. The Morgan fingerprint density at radius 2 is 1.97 bits per heavy atom. The van der Waals surface area contributed by atoms with E-state index in [9.17, 15) is 4.79 Å². The molecule has 172 valence electrons. The van der Waals surface area contributed by atoms with E-state index in [1.807, 2.05) is 29.2 Å². The van der Waals surface area contributed by atoms with Crippen LogP contribution in [0.5, 0.6) is 5.75 Å². The van der Waals surface area contributed by atoms with Crippen LogP contribution in [0.1, 0.15) is 27.2 Å². The average Bonchev–Trinajstić information content (AvgIpc) is 2.78. The van der Waals surface area contributed by atoms with E-state index in [1.54, 1.807) is 0 Å². The van der Waals surface area contributed by atoms with Gasteiger partial charge in [0.15, 0.2) is 12.6 Å². The molecule has 0 aliphatic carbocycles. The number of anilines is 1. The minimum absolute atomic E-state index is 0.00422. The molecule has 1 fully saturated rings. The van der Waals surface area contributed by atoms with Gasteiger partial charge in [0, 0.05) is 38.8 Å². The van der Waals surface area contributed by atoms with Crippen molar-refractivity contribution in [2.24, 2.45) is 10.9 Å². The van der Waals surface area contributed by atoms with E-state index in [4.69, 9.17) is 14.5 Å². The Morgan fingerprint density at radius 3 is 2.71 bits per heavy atom. The predicted molar refractivity (Wildman–Crippen MR) is 124 cm³/mol. The van der Waals surface area contributed by atoms with Crippen LogP contribution < -0.4 is 20.3 Å². The summed E-state index contributed by atoms with van der Waals surface area (Å²) in [6, 6.07) is 8.10. The van der Waals surface area contributed by atoms with Crippen LogP contribution in [0.25, 0.3) is 0 Å². The number of fused-ring (bicyclic) bond motifs is 1. The Morgan fingerprint density at radius 1 is 1.19 bits per heavy atom. The molecule has 1 saturated heterocycles. The molecule has 2 heterocycles. The molecule has 1 aromatic rings. The predicted octanol–water partition coefficient (Wildman–Crippen LogP) is 1.71. The van der Waals surface area contributed by atoms with Gasteiger partial charge in [-0.15, -0.1) is 0 Å². The molecule has 0 aromatic heterocycles. The number of hydrogen-bond acceptors (Lipinski definition) is 5. The molecule has 1 amide bonds. The Balaban J connectivity index is 1.51. The van der Waals surface area contributed by atoms with E-state index in [2.05, 4.69) is 36.3 Å². The molecular formula is C23H37N5O3. The number of aliphatic imine (C=N–C) groups is 1. The minimum Gasteiger partial charge on any atom is -0.482 e. The third-order valence-electron chi connectivity index (χ3n) is 5.72. The van der Waals surface area contributed by atoms with Gasteiger partial charge in [0.05, 0.1) is 25.4 Å². The number of guanidine groups is 1. The maximum Gasteiger partial charge on any atom is 0.265 e. The molecular weight excluding hydrogens is 394 g/mol. The van der Waals surface area contributed by atoms with Crippen LogP contribution in [0, 0.1) is 5.92 Å². The number of carbonyl (C=O) groups is 1. The van der Waals surface area contributed by atoms with E-state index in [-0.39, 0.29) is 12.5 Å². The number of nitrogens with zero attached hydrogens (tertiary/aromatic N) is 3. The topological polar surface area (TPSA) is 78.4 Å². The lowest BCUT2D eigenvalue weighted by Gasteiger charge is -2.36. The minimum atomic E-state index is 0.00422. The summed E-state index contributed by atoms with van der Waals surface area (Å²) in [6.07, 6.45) is 0.821. The standard InChI is InChI=1S/C23H37N5O3/c1-4-24-23(26-16-20(18(2)3)27-12-14-30-15-13-27)25-10-7-11-28-19-8-5-6-9-21(19)31-17-22(28)29/h5-6,8-9,18,20H,4,7,10-17H2,1-3H3,(H2,24,25,26). The van der Waals surface area contributed by atoms with Crippen molar-refractivity contribution in [1.82, 2.24) is 15.5 Å². The van der Waals surface area contributed by atoms with Gasteiger partial charge in [0.1, 0.15) is 5.75 Å². The van der Waals surface area contributed by atoms with Crippen molar-refractivity contribution in [3.05, 3.63) is 24.3 Å². The molecule has 8 nitrogen and oxygen atoms in total. The number of morpholine rings is 1. The third-order valence-corrected chi connectivity index (χ3v) is 5.72. The second kappa shape index (κ2) is 11.9. The fourth-order valence-electron chi connectivity index (χ4n) is 4.03. The van der Waals surface area contributed by atoms with Crippen LogP contribution in [0.3, 0.4) is 0 Å². The number of para-hydroxylation sites is 2. The Labute approximate surface area is 186 Å². The number of carbonyl (C=O) groups excluding carboxylic acids is 1. The molecule has 1 aromatic carbocycles. The first kappa shape index (κ1) is 23.3. The maximum atomic E-state index is 12.3. The van der Waals surface area contributed by atoms with E-state index in [0.29, 0.717) is 18.5 Å². The van der Waals surface area contributed by atoms with Crippen LogP contribution in [-0.4, -0.2) is 81.9 Å². The van der Waals surface area contributed by atoms with Crippen molar-refractivity contribution < 1.29 is 14.3 Å². The lowest BCUT2D eigenvalue weighted by atomic mass is 10.0.